The van der Waals surface area contributed by atoms with Crippen molar-refractivity contribution in [3.05, 3.63) is 36.2 Å². The van der Waals surface area contributed by atoms with Crippen LogP contribution in [0.3, 0.4) is 0 Å². The third kappa shape index (κ3) is 2.16. The van der Waals surface area contributed by atoms with Crippen molar-refractivity contribution in [3.8, 4) is 5.75 Å². The van der Waals surface area contributed by atoms with Crippen LogP contribution in [0.5, 0.6) is 5.75 Å². The molecule has 0 spiro atoms. The minimum atomic E-state index is 0.704. The Kier molecular flexibility index (Phi) is 3.25. The summed E-state index contributed by atoms with van der Waals surface area (Å²) in [5, 5.41) is 11.5. The van der Waals surface area contributed by atoms with Gasteiger partial charge in [-0.25, -0.2) is 4.98 Å². The summed E-state index contributed by atoms with van der Waals surface area (Å²) in [5.41, 5.74) is 3.18. The van der Waals surface area contributed by atoms with Crippen LogP contribution in [-0.2, 0) is 6.42 Å². The van der Waals surface area contributed by atoms with E-state index in [0.717, 1.165) is 42.3 Å². The van der Waals surface area contributed by atoms with E-state index in [1.807, 2.05) is 23.7 Å². The van der Waals surface area contributed by atoms with E-state index >= 15 is 0 Å². The largest absolute Gasteiger partial charge is 0.497 e. The first kappa shape index (κ1) is 13.8. The molecule has 118 valence electrons. The summed E-state index contributed by atoms with van der Waals surface area (Å²) in [5.74, 6) is 2.42. The third-order valence-electron chi connectivity index (χ3n) is 4.19. The van der Waals surface area contributed by atoms with Gasteiger partial charge < -0.3 is 15.0 Å². The molecular weight excluding hydrogens is 292 g/mol. The Bertz CT molecular complexity index is 859. The summed E-state index contributed by atoms with van der Waals surface area (Å²) < 4.78 is 7.26. The standard InChI is InChI=1S/C16H18N6O/c1-17-16-20-19-15-14(18-7-9-22(15)16)21-8-3-4-11-10-12(23-2)5-6-13(11)21/h5-7,9-10H,3-4,8H2,1-2H3,(H,17,20). The Hall–Kier alpha value is -2.83. The summed E-state index contributed by atoms with van der Waals surface area (Å²) in [6.07, 6.45) is 5.75. The highest BCUT2D eigenvalue weighted by Crippen LogP contribution is 2.36. The van der Waals surface area contributed by atoms with Crippen molar-refractivity contribution in [2.75, 3.05) is 30.9 Å². The Balaban J connectivity index is 1.85. The molecule has 1 aliphatic rings. The van der Waals surface area contributed by atoms with Crippen LogP contribution in [0.1, 0.15) is 12.0 Å². The van der Waals surface area contributed by atoms with Gasteiger partial charge in [-0.05, 0) is 36.6 Å². The molecule has 2 aromatic heterocycles. The van der Waals surface area contributed by atoms with E-state index < -0.39 is 0 Å². The highest BCUT2D eigenvalue weighted by atomic mass is 16.5. The van der Waals surface area contributed by atoms with Gasteiger partial charge in [-0.3, -0.25) is 4.40 Å². The second-order valence-electron chi connectivity index (χ2n) is 5.47. The number of fused-ring (bicyclic) bond motifs is 2. The number of methoxy groups -OCH3 is 1. The minimum absolute atomic E-state index is 0.704. The van der Waals surface area contributed by atoms with E-state index in [-0.39, 0.29) is 0 Å². The Morgan fingerprint density at radius 2 is 2.17 bits per heavy atom. The van der Waals surface area contributed by atoms with Crippen LogP contribution in [0, 0.1) is 0 Å². The van der Waals surface area contributed by atoms with Gasteiger partial charge in [-0.15, -0.1) is 10.2 Å². The van der Waals surface area contributed by atoms with Crippen molar-refractivity contribution in [3.63, 3.8) is 0 Å². The Morgan fingerprint density at radius 1 is 1.26 bits per heavy atom. The van der Waals surface area contributed by atoms with Gasteiger partial charge >= 0.3 is 0 Å². The van der Waals surface area contributed by atoms with Gasteiger partial charge in [0.1, 0.15) is 5.75 Å². The molecule has 4 rings (SSSR count). The van der Waals surface area contributed by atoms with Gasteiger partial charge in [0.15, 0.2) is 5.82 Å². The topological polar surface area (TPSA) is 67.6 Å². The number of anilines is 3. The van der Waals surface area contributed by atoms with Gasteiger partial charge in [-0.2, -0.15) is 0 Å². The lowest BCUT2D eigenvalue weighted by Gasteiger charge is -2.30. The van der Waals surface area contributed by atoms with Crippen molar-refractivity contribution >= 4 is 23.1 Å². The lowest BCUT2D eigenvalue weighted by Crippen LogP contribution is -2.26. The second-order valence-corrected chi connectivity index (χ2v) is 5.47. The molecule has 0 radical (unpaired) electrons. The summed E-state index contributed by atoms with van der Waals surface area (Å²) in [7, 11) is 3.53. The molecule has 0 atom stereocenters. The molecule has 0 saturated heterocycles. The normalized spacial score (nSPS) is 13.9. The molecule has 0 aliphatic carbocycles. The number of benzene rings is 1. The summed E-state index contributed by atoms with van der Waals surface area (Å²) in [4.78, 5) is 6.77. The zero-order valence-corrected chi connectivity index (χ0v) is 13.2. The van der Waals surface area contributed by atoms with E-state index in [9.17, 15) is 0 Å². The van der Waals surface area contributed by atoms with Gasteiger partial charge in [0.2, 0.25) is 11.6 Å². The van der Waals surface area contributed by atoms with Crippen molar-refractivity contribution in [2.24, 2.45) is 0 Å². The van der Waals surface area contributed by atoms with Gasteiger partial charge in [0, 0.05) is 31.7 Å². The summed E-state index contributed by atoms with van der Waals surface area (Å²) >= 11 is 0. The first-order valence-corrected chi connectivity index (χ1v) is 7.64. The smallest absolute Gasteiger partial charge is 0.228 e. The molecule has 23 heavy (non-hydrogen) atoms. The molecule has 1 aliphatic heterocycles. The van der Waals surface area contributed by atoms with E-state index in [4.69, 9.17) is 4.74 Å². The zero-order valence-electron chi connectivity index (χ0n) is 13.2. The molecule has 0 amide bonds. The highest BCUT2D eigenvalue weighted by molar-refractivity contribution is 5.75. The van der Waals surface area contributed by atoms with E-state index in [1.165, 1.54) is 5.56 Å². The lowest BCUT2D eigenvalue weighted by molar-refractivity contribution is 0.414. The highest BCUT2D eigenvalue weighted by Gasteiger charge is 2.23. The molecule has 1 aromatic carbocycles. The van der Waals surface area contributed by atoms with Crippen LogP contribution in [-0.4, -0.2) is 40.3 Å². The number of hydrogen-bond acceptors (Lipinski definition) is 6. The maximum absolute atomic E-state index is 5.34. The first-order valence-electron chi connectivity index (χ1n) is 7.64. The maximum atomic E-state index is 5.34. The predicted octanol–water partition coefficient (Wildman–Crippen LogP) is 2.26. The average Bonchev–Trinajstić information content (AvgIpc) is 3.04. The fourth-order valence-corrected chi connectivity index (χ4v) is 3.09. The molecule has 3 aromatic rings. The average molecular weight is 310 g/mol. The van der Waals surface area contributed by atoms with Gasteiger partial charge in [0.05, 0.1) is 7.11 Å². The number of nitrogens with zero attached hydrogens (tertiary/aromatic N) is 5. The molecule has 1 N–H and O–H groups in total. The lowest BCUT2D eigenvalue weighted by atomic mass is 10.0. The van der Waals surface area contributed by atoms with E-state index in [1.54, 1.807) is 13.3 Å². The predicted molar refractivity (Wildman–Crippen MR) is 88.6 cm³/mol. The Morgan fingerprint density at radius 3 is 3.00 bits per heavy atom. The molecule has 7 heteroatoms. The van der Waals surface area contributed by atoms with Crippen LogP contribution in [0.15, 0.2) is 30.6 Å². The molecule has 7 nitrogen and oxygen atoms in total. The Labute approximate surface area is 133 Å². The number of nitrogens with one attached hydrogen (secondary N) is 1. The maximum Gasteiger partial charge on any atom is 0.228 e. The molecule has 0 bridgehead atoms. The van der Waals surface area contributed by atoms with Crippen LogP contribution < -0.4 is 15.0 Å². The van der Waals surface area contributed by atoms with Crippen molar-refractivity contribution in [2.45, 2.75) is 12.8 Å². The molecule has 3 heterocycles. The van der Waals surface area contributed by atoms with Crippen LogP contribution in [0.2, 0.25) is 0 Å². The summed E-state index contributed by atoms with van der Waals surface area (Å²) in [6.45, 7) is 0.910. The molecule has 0 saturated carbocycles. The summed E-state index contributed by atoms with van der Waals surface area (Å²) in [6, 6.07) is 6.18. The number of rotatable bonds is 3. The van der Waals surface area contributed by atoms with Gasteiger partial charge in [0.25, 0.3) is 0 Å². The number of hydrogen-bond donors (Lipinski definition) is 1. The van der Waals surface area contributed by atoms with E-state index in [0.29, 0.717) is 5.95 Å². The zero-order chi connectivity index (χ0) is 15.8. The van der Waals surface area contributed by atoms with Crippen LogP contribution in [0.25, 0.3) is 5.65 Å². The SMILES string of the molecule is CNc1nnc2c(N3CCCc4cc(OC)ccc43)nccn12. The number of aryl methyl sites for hydroxylation is 1. The molecule has 0 unspecified atom stereocenters. The fraction of sp³-hybridized carbons (Fsp3) is 0.312. The minimum Gasteiger partial charge on any atom is -0.497 e. The van der Waals surface area contributed by atoms with Crippen LogP contribution >= 0.6 is 0 Å². The quantitative estimate of drug-likeness (QED) is 0.800. The van der Waals surface area contributed by atoms with Crippen LogP contribution in [0.4, 0.5) is 17.5 Å². The molecular formula is C16H18N6O. The second kappa shape index (κ2) is 5.42. The monoisotopic (exact) mass is 310 g/mol. The van der Waals surface area contributed by atoms with Crippen molar-refractivity contribution in [1.82, 2.24) is 19.6 Å². The fourth-order valence-electron chi connectivity index (χ4n) is 3.09. The number of aromatic nitrogens is 4. The first-order chi connectivity index (χ1) is 11.3. The van der Waals surface area contributed by atoms with Crippen molar-refractivity contribution < 1.29 is 4.74 Å². The number of ether oxygens (including phenoxy) is 1. The van der Waals surface area contributed by atoms with E-state index in [2.05, 4.69) is 37.5 Å². The van der Waals surface area contributed by atoms with Crippen molar-refractivity contribution in [1.29, 1.82) is 0 Å². The molecule has 0 fully saturated rings. The third-order valence-corrected chi connectivity index (χ3v) is 4.19. The van der Waals surface area contributed by atoms with Gasteiger partial charge in [-0.1, -0.05) is 0 Å².